The van der Waals surface area contributed by atoms with E-state index in [0.29, 0.717) is 23.2 Å². The Kier molecular flexibility index (Phi) is 4.42. The SMILES string of the molecule is COC(=O)c1ccc(-c2nc(-c3ccc(C(C)C)cc3)no2)cc1. The van der Waals surface area contributed by atoms with E-state index < -0.39 is 0 Å². The second-order valence-electron chi connectivity index (χ2n) is 5.77. The lowest BCUT2D eigenvalue weighted by molar-refractivity contribution is 0.0600. The van der Waals surface area contributed by atoms with Gasteiger partial charge in [-0.1, -0.05) is 43.3 Å². The molecule has 0 unspecified atom stereocenters. The average Bonchev–Trinajstić information content (AvgIpc) is 3.11. The Hall–Kier alpha value is -2.95. The van der Waals surface area contributed by atoms with Crippen LogP contribution in [-0.2, 0) is 4.74 Å². The molecule has 5 nitrogen and oxygen atoms in total. The Morgan fingerprint density at radius 2 is 1.62 bits per heavy atom. The maximum absolute atomic E-state index is 11.5. The fourth-order valence-electron chi connectivity index (χ4n) is 2.34. The van der Waals surface area contributed by atoms with Gasteiger partial charge in [-0.05, 0) is 35.7 Å². The largest absolute Gasteiger partial charge is 0.465 e. The number of esters is 1. The van der Waals surface area contributed by atoms with Crippen molar-refractivity contribution in [2.75, 3.05) is 7.11 Å². The number of ether oxygens (including phenoxy) is 1. The lowest BCUT2D eigenvalue weighted by atomic mass is 10.0. The lowest BCUT2D eigenvalue weighted by Gasteiger charge is -2.04. The lowest BCUT2D eigenvalue weighted by Crippen LogP contribution is -2.00. The fraction of sp³-hybridized carbons (Fsp3) is 0.211. The van der Waals surface area contributed by atoms with E-state index in [1.807, 2.05) is 12.1 Å². The Morgan fingerprint density at radius 3 is 2.21 bits per heavy atom. The molecule has 3 rings (SSSR count). The van der Waals surface area contributed by atoms with Crippen molar-refractivity contribution in [2.24, 2.45) is 0 Å². The molecule has 0 amide bonds. The summed E-state index contributed by atoms with van der Waals surface area (Å²) in [6.07, 6.45) is 0. The number of benzene rings is 2. The van der Waals surface area contributed by atoms with Crippen LogP contribution in [0.15, 0.2) is 53.1 Å². The summed E-state index contributed by atoms with van der Waals surface area (Å²) in [6, 6.07) is 15.0. The molecule has 2 aromatic carbocycles. The molecule has 0 spiro atoms. The maximum atomic E-state index is 11.5. The molecule has 1 heterocycles. The predicted molar refractivity (Wildman–Crippen MR) is 90.6 cm³/mol. The molecule has 0 aliphatic carbocycles. The summed E-state index contributed by atoms with van der Waals surface area (Å²) in [6.45, 7) is 4.30. The Labute approximate surface area is 140 Å². The van der Waals surface area contributed by atoms with Gasteiger partial charge in [-0.3, -0.25) is 0 Å². The van der Waals surface area contributed by atoms with Gasteiger partial charge in [0.05, 0.1) is 12.7 Å². The maximum Gasteiger partial charge on any atom is 0.337 e. The molecule has 0 atom stereocenters. The summed E-state index contributed by atoms with van der Waals surface area (Å²) < 4.78 is 10.0. The van der Waals surface area contributed by atoms with Crippen LogP contribution in [0.3, 0.4) is 0 Å². The summed E-state index contributed by atoms with van der Waals surface area (Å²) in [5.74, 6) is 1.05. The van der Waals surface area contributed by atoms with E-state index in [4.69, 9.17) is 4.52 Å². The van der Waals surface area contributed by atoms with Crippen LogP contribution in [0, 0.1) is 0 Å². The zero-order valence-electron chi connectivity index (χ0n) is 13.8. The number of rotatable bonds is 4. The van der Waals surface area contributed by atoms with Crippen LogP contribution in [0.25, 0.3) is 22.8 Å². The van der Waals surface area contributed by atoms with Crippen LogP contribution in [-0.4, -0.2) is 23.2 Å². The molecule has 0 saturated heterocycles. The third kappa shape index (κ3) is 3.20. The number of carbonyl (C=O) groups is 1. The smallest absolute Gasteiger partial charge is 0.337 e. The van der Waals surface area contributed by atoms with Crippen molar-refractivity contribution < 1.29 is 14.1 Å². The molecule has 1 aromatic heterocycles. The van der Waals surface area contributed by atoms with Crippen LogP contribution < -0.4 is 0 Å². The summed E-state index contributed by atoms with van der Waals surface area (Å²) in [5, 5.41) is 4.03. The van der Waals surface area contributed by atoms with Crippen LogP contribution in [0.5, 0.6) is 0 Å². The van der Waals surface area contributed by atoms with Crippen LogP contribution in [0.1, 0.15) is 35.7 Å². The molecular weight excluding hydrogens is 304 g/mol. The summed E-state index contributed by atoms with van der Waals surface area (Å²) >= 11 is 0. The van der Waals surface area contributed by atoms with Crippen LogP contribution in [0.4, 0.5) is 0 Å². The zero-order chi connectivity index (χ0) is 17.1. The molecule has 0 aliphatic rings. The summed E-state index contributed by atoms with van der Waals surface area (Å²) in [4.78, 5) is 15.9. The van der Waals surface area contributed by atoms with Crippen molar-refractivity contribution >= 4 is 5.97 Å². The molecule has 5 heteroatoms. The van der Waals surface area contributed by atoms with Gasteiger partial charge in [-0.15, -0.1) is 0 Å². The zero-order valence-corrected chi connectivity index (χ0v) is 13.8. The van der Waals surface area contributed by atoms with Crippen molar-refractivity contribution in [3.63, 3.8) is 0 Å². The molecule has 3 aromatic rings. The van der Waals surface area contributed by atoms with Crippen molar-refractivity contribution in [2.45, 2.75) is 19.8 Å². The number of methoxy groups -OCH3 is 1. The Bertz CT molecular complexity index is 834. The average molecular weight is 322 g/mol. The molecule has 0 radical (unpaired) electrons. The number of carbonyl (C=O) groups excluding carboxylic acids is 1. The normalized spacial score (nSPS) is 10.8. The van der Waals surface area contributed by atoms with E-state index in [2.05, 4.69) is 40.9 Å². The first kappa shape index (κ1) is 15.9. The van der Waals surface area contributed by atoms with Gasteiger partial charge in [0.25, 0.3) is 5.89 Å². The first-order chi connectivity index (χ1) is 11.6. The van der Waals surface area contributed by atoms with E-state index in [1.54, 1.807) is 24.3 Å². The molecule has 0 bridgehead atoms. The fourth-order valence-corrected chi connectivity index (χ4v) is 2.34. The minimum absolute atomic E-state index is 0.377. The van der Waals surface area contributed by atoms with E-state index in [0.717, 1.165) is 11.1 Å². The molecule has 0 aliphatic heterocycles. The van der Waals surface area contributed by atoms with Crippen molar-refractivity contribution in [3.8, 4) is 22.8 Å². The second-order valence-corrected chi connectivity index (χ2v) is 5.77. The number of hydrogen-bond donors (Lipinski definition) is 0. The van der Waals surface area contributed by atoms with E-state index >= 15 is 0 Å². The van der Waals surface area contributed by atoms with E-state index in [1.165, 1.54) is 12.7 Å². The molecule has 24 heavy (non-hydrogen) atoms. The van der Waals surface area contributed by atoms with Gasteiger partial charge in [0.2, 0.25) is 5.82 Å². The van der Waals surface area contributed by atoms with Gasteiger partial charge in [-0.2, -0.15) is 4.98 Å². The first-order valence-electron chi connectivity index (χ1n) is 7.71. The van der Waals surface area contributed by atoms with Crippen molar-refractivity contribution in [1.29, 1.82) is 0 Å². The number of aromatic nitrogens is 2. The first-order valence-corrected chi connectivity index (χ1v) is 7.71. The summed E-state index contributed by atoms with van der Waals surface area (Å²) in [5.41, 5.74) is 3.40. The van der Waals surface area contributed by atoms with E-state index in [-0.39, 0.29) is 5.97 Å². The third-order valence-electron chi connectivity index (χ3n) is 3.81. The molecule has 0 fully saturated rings. The highest BCUT2D eigenvalue weighted by atomic mass is 16.5. The standard InChI is InChI=1S/C19H18N2O3/c1-12(2)13-4-6-14(7-5-13)17-20-18(24-21-17)15-8-10-16(11-9-15)19(22)23-3/h4-12H,1-3H3. The Balaban J connectivity index is 1.83. The van der Waals surface area contributed by atoms with Gasteiger partial charge < -0.3 is 9.26 Å². The number of hydrogen-bond acceptors (Lipinski definition) is 5. The predicted octanol–water partition coefficient (Wildman–Crippen LogP) is 4.31. The van der Waals surface area contributed by atoms with Gasteiger partial charge in [-0.25, -0.2) is 4.79 Å². The van der Waals surface area contributed by atoms with Gasteiger partial charge >= 0.3 is 5.97 Å². The summed E-state index contributed by atoms with van der Waals surface area (Å²) in [7, 11) is 1.35. The van der Waals surface area contributed by atoms with Gasteiger partial charge in [0.15, 0.2) is 0 Å². The minimum Gasteiger partial charge on any atom is -0.465 e. The molecular formula is C19H18N2O3. The van der Waals surface area contributed by atoms with Crippen LogP contribution >= 0.6 is 0 Å². The third-order valence-corrected chi connectivity index (χ3v) is 3.81. The molecule has 122 valence electrons. The second kappa shape index (κ2) is 6.66. The highest BCUT2D eigenvalue weighted by Gasteiger charge is 2.12. The van der Waals surface area contributed by atoms with Crippen LogP contribution in [0.2, 0.25) is 0 Å². The van der Waals surface area contributed by atoms with Gasteiger partial charge in [0.1, 0.15) is 0 Å². The monoisotopic (exact) mass is 322 g/mol. The van der Waals surface area contributed by atoms with Crippen molar-refractivity contribution in [1.82, 2.24) is 10.1 Å². The highest BCUT2D eigenvalue weighted by Crippen LogP contribution is 2.24. The number of nitrogens with zero attached hydrogens (tertiary/aromatic N) is 2. The van der Waals surface area contributed by atoms with Crippen molar-refractivity contribution in [3.05, 3.63) is 59.7 Å². The Morgan fingerprint density at radius 1 is 1.00 bits per heavy atom. The topological polar surface area (TPSA) is 65.2 Å². The van der Waals surface area contributed by atoms with Gasteiger partial charge in [0, 0.05) is 11.1 Å². The molecule has 0 saturated carbocycles. The quantitative estimate of drug-likeness (QED) is 0.670. The highest BCUT2D eigenvalue weighted by molar-refractivity contribution is 5.89. The van der Waals surface area contributed by atoms with E-state index in [9.17, 15) is 4.79 Å². The molecule has 0 N–H and O–H groups in total. The minimum atomic E-state index is -0.377.